The van der Waals surface area contributed by atoms with Gasteiger partial charge in [0, 0.05) is 0 Å². The van der Waals surface area contributed by atoms with Gasteiger partial charge in [-0.25, -0.2) is 15.0 Å². The van der Waals surface area contributed by atoms with Crippen LogP contribution in [0.2, 0.25) is 0 Å². The maximum atomic E-state index is 4.23. The van der Waals surface area contributed by atoms with Crippen LogP contribution in [-0.4, -0.2) is 19.9 Å². The molecule has 0 radical (unpaired) electrons. The molecule has 2 aromatic rings. The number of fused-ring (bicyclic) bond motifs is 1. The fourth-order valence-electron chi connectivity index (χ4n) is 1.34. The van der Waals surface area contributed by atoms with Gasteiger partial charge >= 0.3 is 0 Å². The Labute approximate surface area is 82.1 Å². The van der Waals surface area contributed by atoms with Crippen molar-refractivity contribution in [1.29, 1.82) is 0 Å². The Bertz CT molecular complexity index is 458. The molecule has 0 aromatic carbocycles. The third-order valence-electron chi connectivity index (χ3n) is 2.09. The Morgan fingerprint density at radius 1 is 1.43 bits per heavy atom. The van der Waals surface area contributed by atoms with Crippen molar-refractivity contribution in [3.63, 3.8) is 0 Å². The van der Waals surface area contributed by atoms with Crippen LogP contribution in [0.1, 0.15) is 19.0 Å². The Hall–Kier alpha value is -1.71. The molecule has 4 nitrogen and oxygen atoms in total. The molecule has 2 heterocycles. The van der Waals surface area contributed by atoms with Crippen LogP contribution in [-0.2, 0) is 6.42 Å². The van der Waals surface area contributed by atoms with E-state index in [2.05, 4.69) is 26.5 Å². The van der Waals surface area contributed by atoms with Crippen LogP contribution in [0.5, 0.6) is 0 Å². The number of nitrogens with zero attached hydrogens (tertiary/aromatic N) is 3. The molecule has 0 unspecified atom stereocenters. The molecule has 2 aromatic heterocycles. The predicted molar refractivity (Wildman–Crippen MR) is 54.8 cm³/mol. The molecule has 0 aliphatic rings. The summed E-state index contributed by atoms with van der Waals surface area (Å²) < 4.78 is 0. The second kappa shape index (κ2) is 3.57. The van der Waals surface area contributed by atoms with E-state index in [-0.39, 0.29) is 0 Å². The maximum Gasteiger partial charge on any atom is 0.180 e. The fraction of sp³-hybridized carbons (Fsp3) is 0.300. The lowest BCUT2D eigenvalue weighted by Crippen LogP contribution is -1.93. The lowest BCUT2D eigenvalue weighted by Gasteiger charge is -2.00. The number of nitrogens with one attached hydrogen (secondary N) is 1. The van der Waals surface area contributed by atoms with Gasteiger partial charge in [0.25, 0.3) is 0 Å². The number of aromatic nitrogens is 4. The number of hydrogen-bond acceptors (Lipinski definition) is 3. The lowest BCUT2D eigenvalue weighted by molar-refractivity contribution is 0.903. The molecule has 0 aliphatic heterocycles. The quantitative estimate of drug-likeness (QED) is 0.748. The highest BCUT2D eigenvalue weighted by atomic mass is 15.0. The fourth-order valence-corrected chi connectivity index (χ4v) is 1.34. The first-order chi connectivity index (χ1) is 6.77. The summed E-state index contributed by atoms with van der Waals surface area (Å²) in [5.41, 5.74) is 3.84. The van der Waals surface area contributed by atoms with Crippen LogP contribution < -0.4 is 0 Å². The summed E-state index contributed by atoms with van der Waals surface area (Å²) in [5, 5.41) is 0. The van der Waals surface area contributed by atoms with Crippen LogP contribution in [0.3, 0.4) is 0 Å². The summed E-state index contributed by atoms with van der Waals surface area (Å²) in [6.45, 7) is 5.89. The zero-order valence-electron chi connectivity index (χ0n) is 8.12. The zero-order valence-corrected chi connectivity index (χ0v) is 8.12. The van der Waals surface area contributed by atoms with Crippen molar-refractivity contribution in [1.82, 2.24) is 19.9 Å². The highest BCUT2D eigenvalue weighted by Gasteiger charge is 2.04. The van der Waals surface area contributed by atoms with E-state index in [1.807, 2.05) is 6.92 Å². The van der Waals surface area contributed by atoms with Crippen LogP contribution >= 0.6 is 0 Å². The van der Waals surface area contributed by atoms with Gasteiger partial charge in [0.05, 0.1) is 12.0 Å². The monoisotopic (exact) mass is 188 g/mol. The Morgan fingerprint density at radius 2 is 2.29 bits per heavy atom. The van der Waals surface area contributed by atoms with Gasteiger partial charge in [-0.3, -0.25) is 0 Å². The van der Waals surface area contributed by atoms with Crippen molar-refractivity contribution < 1.29 is 0 Å². The SMILES string of the molecule is C=C(C)CCc1ncnc2nc[nH]c12. The number of allylic oxidation sites excluding steroid dienone is 1. The maximum absolute atomic E-state index is 4.23. The summed E-state index contributed by atoms with van der Waals surface area (Å²) in [6, 6.07) is 0. The average Bonchev–Trinajstić information content (AvgIpc) is 2.62. The molecule has 0 saturated heterocycles. The highest BCUT2D eigenvalue weighted by molar-refractivity contribution is 5.71. The topological polar surface area (TPSA) is 54.5 Å². The van der Waals surface area contributed by atoms with Crippen molar-refractivity contribution in [3.8, 4) is 0 Å². The van der Waals surface area contributed by atoms with Crippen LogP contribution in [0.15, 0.2) is 24.8 Å². The van der Waals surface area contributed by atoms with Crippen LogP contribution in [0, 0.1) is 0 Å². The zero-order chi connectivity index (χ0) is 9.97. The third kappa shape index (κ3) is 1.64. The molecule has 0 amide bonds. The van der Waals surface area contributed by atoms with E-state index in [4.69, 9.17) is 0 Å². The van der Waals surface area contributed by atoms with Gasteiger partial charge < -0.3 is 4.98 Å². The average molecular weight is 188 g/mol. The summed E-state index contributed by atoms with van der Waals surface area (Å²) >= 11 is 0. The smallest absolute Gasteiger partial charge is 0.180 e. The van der Waals surface area contributed by atoms with Gasteiger partial charge in [0.2, 0.25) is 0 Å². The molecule has 72 valence electrons. The molecule has 1 N–H and O–H groups in total. The van der Waals surface area contributed by atoms with E-state index in [0.717, 1.165) is 35.3 Å². The standard InChI is InChI=1S/C10H12N4/c1-7(2)3-4-8-9-10(13-5-11-8)14-6-12-9/h5-6H,1,3-4H2,2H3,(H,11,12,13,14). The van der Waals surface area contributed by atoms with Gasteiger partial charge in [-0.05, 0) is 19.8 Å². The van der Waals surface area contributed by atoms with Crippen LogP contribution in [0.4, 0.5) is 0 Å². The second-order valence-electron chi connectivity index (χ2n) is 3.38. The number of hydrogen-bond donors (Lipinski definition) is 1. The van der Waals surface area contributed by atoms with Crippen molar-refractivity contribution in [2.75, 3.05) is 0 Å². The number of aromatic amines is 1. The first-order valence-electron chi connectivity index (χ1n) is 4.54. The van der Waals surface area contributed by atoms with E-state index >= 15 is 0 Å². The molecule has 0 atom stereocenters. The van der Waals surface area contributed by atoms with E-state index < -0.39 is 0 Å². The first-order valence-corrected chi connectivity index (χ1v) is 4.54. The lowest BCUT2D eigenvalue weighted by atomic mass is 10.1. The van der Waals surface area contributed by atoms with E-state index in [1.165, 1.54) is 0 Å². The van der Waals surface area contributed by atoms with Gasteiger partial charge in [-0.2, -0.15) is 0 Å². The molecule has 2 rings (SSSR count). The Morgan fingerprint density at radius 3 is 3.07 bits per heavy atom. The largest absolute Gasteiger partial charge is 0.342 e. The number of H-pyrrole nitrogens is 1. The third-order valence-corrected chi connectivity index (χ3v) is 2.09. The van der Waals surface area contributed by atoms with Crippen molar-refractivity contribution >= 4 is 11.2 Å². The summed E-state index contributed by atoms with van der Waals surface area (Å²) in [7, 11) is 0. The van der Waals surface area contributed by atoms with Gasteiger partial charge in [-0.1, -0.05) is 5.57 Å². The summed E-state index contributed by atoms with van der Waals surface area (Å²) in [4.78, 5) is 15.4. The molecule has 14 heavy (non-hydrogen) atoms. The predicted octanol–water partition coefficient (Wildman–Crippen LogP) is 1.86. The Kier molecular flexibility index (Phi) is 2.26. The number of rotatable bonds is 3. The van der Waals surface area contributed by atoms with E-state index in [1.54, 1.807) is 12.7 Å². The molecule has 0 aliphatic carbocycles. The van der Waals surface area contributed by atoms with E-state index in [9.17, 15) is 0 Å². The molecule has 4 heteroatoms. The van der Waals surface area contributed by atoms with E-state index in [0.29, 0.717) is 0 Å². The van der Waals surface area contributed by atoms with Gasteiger partial charge in [0.15, 0.2) is 5.65 Å². The molecular weight excluding hydrogens is 176 g/mol. The minimum Gasteiger partial charge on any atom is -0.342 e. The molecule has 0 saturated carbocycles. The van der Waals surface area contributed by atoms with Crippen LogP contribution in [0.25, 0.3) is 11.2 Å². The Balaban J connectivity index is 2.32. The number of imidazole rings is 1. The van der Waals surface area contributed by atoms with Gasteiger partial charge in [0.1, 0.15) is 11.8 Å². The molecular formula is C10H12N4. The minimum atomic E-state index is 0.733. The minimum absolute atomic E-state index is 0.733. The van der Waals surface area contributed by atoms with Crippen molar-refractivity contribution in [2.45, 2.75) is 19.8 Å². The molecule has 0 fully saturated rings. The van der Waals surface area contributed by atoms with Gasteiger partial charge in [-0.15, -0.1) is 6.58 Å². The summed E-state index contributed by atoms with van der Waals surface area (Å²) in [5.74, 6) is 0. The molecule has 0 bridgehead atoms. The molecule has 0 spiro atoms. The first kappa shape index (κ1) is 8.87. The number of aryl methyl sites for hydroxylation is 1. The highest BCUT2D eigenvalue weighted by Crippen LogP contribution is 2.12. The normalized spacial score (nSPS) is 10.6. The second-order valence-corrected chi connectivity index (χ2v) is 3.38. The van der Waals surface area contributed by atoms with Crippen molar-refractivity contribution in [2.24, 2.45) is 0 Å². The summed E-state index contributed by atoms with van der Waals surface area (Å²) in [6.07, 6.45) is 5.03. The van der Waals surface area contributed by atoms with Crippen molar-refractivity contribution in [3.05, 3.63) is 30.5 Å².